The summed E-state index contributed by atoms with van der Waals surface area (Å²) >= 11 is 0. The number of nitrogens with zero attached hydrogens (tertiary/aromatic N) is 2. The van der Waals surface area contributed by atoms with Crippen molar-refractivity contribution in [2.75, 3.05) is 12.4 Å². The Morgan fingerprint density at radius 3 is 2.81 bits per heavy atom. The largest absolute Gasteiger partial charge is 0.463 e. The van der Waals surface area contributed by atoms with Crippen LogP contribution in [-0.2, 0) is 16.6 Å². The van der Waals surface area contributed by atoms with Crippen molar-refractivity contribution in [3.05, 3.63) is 12.0 Å². The van der Waals surface area contributed by atoms with Gasteiger partial charge in [-0.2, -0.15) is 0 Å². The van der Waals surface area contributed by atoms with Crippen LogP contribution in [0.5, 0.6) is 0 Å². The van der Waals surface area contributed by atoms with Crippen molar-refractivity contribution in [2.24, 2.45) is 13.0 Å². The van der Waals surface area contributed by atoms with Gasteiger partial charge in [-0.1, -0.05) is 0 Å². The molecule has 1 amide bonds. The highest BCUT2D eigenvalue weighted by molar-refractivity contribution is 5.94. The summed E-state index contributed by atoms with van der Waals surface area (Å²) in [6, 6.07) is 0. The Balaban J connectivity index is 2.13. The summed E-state index contributed by atoms with van der Waals surface area (Å²) in [6.45, 7) is 0. The number of imidazole rings is 1. The summed E-state index contributed by atoms with van der Waals surface area (Å²) in [6.07, 6.45) is 3.33. The summed E-state index contributed by atoms with van der Waals surface area (Å²) in [5, 5.41) is 2.73. The van der Waals surface area contributed by atoms with Gasteiger partial charge in [0, 0.05) is 13.0 Å². The van der Waals surface area contributed by atoms with Gasteiger partial charge in [0.15, 0.2) is 0 Å². The maximum absolute atomic E-state index is 11.5. The highest BCUT2D eigenvalue weighted by Crippen LogP contribution is 2.30. The first-order valence-corrected chi connectivity index (χ1v) is 5.04. The van der Waals surface area contributed by atoms with E-state index in [1.54, 1.807) is 7.05 Å². The van der Waals surface area contributed by atoms with Crippen LogP contribution < -0.4 is 5.32 Å². The molecule has 0 saturated heterocycles. The molecule has 1 aliphatic rings. The molecule has 6 nitrogen and oxygen atoms in total. The van der Waals surface area contributed by atoms with Gasteiger partial charge < -0.3 is 14.6 Å². The minimum absolute atomic E-state index is 0.0144. The number of nitrogens with one attached hydrogen (secondary N) is 1. The third-order valence-electron chi connectivity index (χ3n) is 2.56. The molecule has 2 rings (SSSR count). The monoisotopic (exact) mass is 223 g/mol. The molecule has 1 aliphatic carbocycles. The number of aromatic nitrogens is 2. The Kier molecular flexibility index (Phi) is 2.64. The van der Waals surface area contributed by atoms with E-state index in [0.29, 0.717) is 5.82 Å². The van der Waals surface area contributed by atoms with Gasteiger partial charge in [-0.15, -0.1) is 0 Å². The molecule has 1 N–H and O–H groups in total. The van der Waals surface area contributed by atoms with Crippen LogP contribution in [0.3, 0.4) is 0 Å². The molecule has 1 fully saturated rings. The maximum Gasteiger partial charge on any atom is 0.374 e. The number of ether oxygens (including phenoxy) is 1. The third kappa shape index (κ3) is 1.91. The van der Waals surface area contributed by atoms with Crippen molar-refractivity contribution >= 4 is 17.7 Å². The first-order valence-electron chi connectivity index (χ1n) is 5.04. The fraction of sp³-hybridized carbons (Fsp3) is 0.500. The van der Waals surface area contributed by atoms with Crippen molar-refractivity contribution in [1.29, 1.82) is 0 Å². The highest BCUT2D eigenvalue weighted by Gasteiger charge is 2.30. The van der Waals surface area contributed by atoms with E-state index in [0.717, 1.165) is 12.8 Å². The number of anilines is 1. The zero-order valence-corrected chi connectivity index (χ0v) is 9.19. The lowest BCUT2D eigenvalue weighted by atomic mass is 10.4. The summed E-state index contributed by atoms with van der Waals surface area (Å²) in [4.78, 5) is 26.7. The minimum atomic E-state index is -0.519. The molecule has 0 radical (unpaired) electrons. The standard InChI is InChI=1S/C10H13N3O3/c1-13-7(12-9(14)6-3-4-6)5-11-8(13)10(15)16-2/h5-6H,3-4H2,1-2H3,(H,12,14). The molecule has 0 bridgehead atoms. The molecule has 0 spiro atoms. The van der Waals surface area contributed by atoms with Gasteiger partial charge >= 0.3 is 5.97 Å². The average Bonchev–Trinajstić information content (AvgIpc) is 3.06. The van der Waals surface area contributed by atoms with Crippen molar-refractivity contribution in [1.82, 2.24) is 9.55 Å². The molecule has 0 aromatic carbocycles. The van der Waals surface area contributed by atoms with Crippen molar-refractivity contribution in [2.45, 2.75) is 12.8 Å². The first-order chi connectivity index (χ1) is 7.63. The number of methoxy groups -OCH3 is 1. The normalized spacial score (nSPS) is 14.6. The lowest BCUT2D eigenvalue weighted by molar-refractivity contribution is -0.117. The van der Waals surface area contributed by atoms with E-state index in [-0.39, 0.29) is 17.6 Å². The Bertz CT molecular complexity index is 435. The van der Waals surface area contributed by atoms with E-state index in [1.807, 2.05) is 0 Å². The van der Waals surface area contributed by atoms with Crippen LogP contribution in [-0.4, -0.2) is 28.5 Å². The van der Waals surface area contributed by atoms with Crippen molar-refractivity contribution < 1.29 is 14.3 Å². The lowest BCUT2D eigenvalue weighted by Gasteiger charge is -2.05. The molecule has 0 atom stereocenters. The van der Waals surface area contributed by atoms with Crippen LogP contribution in [0.4, 0.5) is 5.82 Å². The zero-order valence-electron chi connectivity index (χ0n) is 9.19. The third-order valence-corrected chi connectivity index (χ3v) is 2.56. The Morgan fingerprint density at radius 2 is 2.25 bits per heavy atom. The topological polar surface area (TPSA) is 73.2 Å². The van der Waals surface area contributed by atoms with Crippen LogP contribution in [0.2, 0.25) is 0 Å². The van der Waals surface area contributed by atoms with Crippen LogP contribution in [0.1, 0.15) is 23.5 Å². The summed E-state index contributed by atoms with van der Waals surface area (Å²) in [5.74, 6) is 0.274. The second-order valence-corrected chi connectivity index (χ2v) is 3.78. The van der Waals surface area contributed by atoms with Gasteiger partial charge in [0.1, 0.15) is 5.82 Å². The number of hydrogen-bond donors (Lipinski definition) is 1. The molecule has 1 heterocycles. The van der Waals surface area contributed by atoms with E-state index in [4.69, 9.17) is 0 Å². The van der Waals surface area contributed by atoms with Gasteiger partial charge in [0.2, 0.25) is 11.7 Å². The Labute approximate surface area is 92.6 Å². The molecular formula is C10H13N3O3. The molecule has 6 heteroatoms. The molecule has 1 aromatic heterocycles. The Hall–Kier alpha value is -1.85. The van der Waals surface area contributed by atoms with E-state index < -0.39 is 5.97 Å². The smallest absolute Gasteiger partial charge is 0.374 e. The number of carbonyl (C=O) groups excluding carboxylic acids is 2. The predicted molar refractivity (Wildman–Crippen MR) is 55.9 cm³/mol. The zero-order chi connectivity index (χ0) is 11.7. The van der Waals surface area contributed by atoms with E-state index in [2.05, 4.69) is 15.0 Å². The Morgan fingerprint density at radius 1 is 1.56 bits per heavy atom. The second kappa shape index (κ2) is 3.96. The first kappa shape index (κ1) is 10.7. The molecule has 1 saturated carbocycles. The molecule has 86 valence electrons. The van der Waals surface area contributed by atoms with E-state index in [9.17, 15) is 9.59 Å². The van der Waals surface area contributed by atoms with Crippen LogP contribution >= 0.6 is 0 Å². The highest BCUT2D eigenvalue weighted by atomic mass is 16.5. The molecule has 0 aliphatic heterocycles. The van der Waals surface area contributed by atoms with E-state index >= 15 is 0 Å². The SMILES string of the molecule is COC(=O)c1ncc(NC(=O)C2CC2)n1C. The number of rotatable bonds is 3. The minimum Gasteiger partial charge on any atom is -0.463 e. The maximum atomic E-state index is 11.5. The van der Waals surface area contributed by atoms with Gasteiger partial charge in [-0.25, -0.2) is 9.78 Å². The molecule has 16 heavy (non-hydrogen) atoms. The quantitative estimate of drug-likeness (QED) is 0.760. The predicted octanol–water partition coefficient (Wildman–Crippen LogP) is 0.555. The van der Waals surface area contributed by atoms with Gasteiger partial charge in [0.05, 0.1) is 13.3 Å². The number of carbonyl (C=O) groups is 2. The van der Waals surface area contributed by atoms with Crippen molar-refractivity contribution in [3.8, 4) is 0 Å². The van der Waals surface area contributed by atoms with Crippen LogP contribution in [0, 0.1) is 5.92 Å². The molecule has 0 unspecified atom stereocenters. The molecule has 1 aromatic rings. The van der Waals surface area contributed by atoms with Gasteiger partial charge in [0.25, 0.3) is 0 Å². The van der Waals surface area contributed by atoms with Crippen LogP contribution in [0.25, 0.3) is 0 Å². The summed E-state index contributed by atoms with van der Waals surface area (Å²) < 4.78 is 6.07. The number of esters is 1. The average molecular weight is 223 g/mol. The van der Waals surface area contributed by atoms with Crippen LogP contribution in [0.15, 0.2) is 6.20 Å². The van der Waals surface area contributed by atoms with Gasteiger partial charge in [-0.05, 0) is 12.8 Å². The summed E-state index contributed by atoms with van der Waals surface area (Å²) in [5.41, 5.74) is 0. The fourth-order valence-electron chi connectivity index (χ4n) is 1.38. The molecular weight excluding hydrogens is 210 g/mol. The number of hydrogen-bond acceptors (Lipinski definition) is 4. The van der Waals surface area contributed by atoms with Crippen molar-refractivity contribution in [3.63, 3.8) is 0 Å². The summed E-state index contributed by atoms with van der Waals surface area (Å²) in [7, 11) is 2.95. The van der Waals surface area contributed by atoms with E-state index in [1.165, 1.54) is 17.9 Å². The fourth-order valence-corrected chi connectivity index (χ4v) is 1.38. The number of amides is 1. The second-order valence-electron chi connectivity index (χ2n) is 3.78. The lowest BCUT2D eigenvalue weighted by Crippen LogP contribution is -2.17. The van der Waals surface area contributed by atoms with Gasteiger partial charge in [-0.3, -0.25) is 4.79 Å².